The van der Waals surface area contributed by atoms with Crippen molar-refractivity contribution in [2.45, 2.75) is 32.4 Å². The van der Waals surface area contributed by atoms with Crippen LogP contribution in [0.2, 0.25) is 0 Å². The molecule has 7 nitrogen and oxygen atoms in total. The Morgan fingerprint density at radius 2 is 1.92 bits per heavy atom. The molecule has 0 aliphatic carbocycles. The second-order valence-electron chi connectivity index (χ2n) is 6.01. The standard InChI is InChI=1S/C17H23NO6S/c1-4-23-17(20)13-5-7-15(8-6-13)24-12(2)16(19)18(3)14-9-10-25(21,22)11-14/h5-8,12,14H,4,9-11H2,1-3H3/t12-,14-/m1/s1. The fraction of sp³-hybridized carbons (Fsp3) is 0.529. The third-order valence-electron chi connectivity index (χ3n) is 4.13. The van der Waals surface area contributed by atoms with E-state index in [9.17, 15) is 18.0 Å². The number of rotatable bonds is 6. The van der Waals surface area contributed by atoms with Gasteiger partial charge in [-0.25, -0.2) is 13.2 Å². The Kier molecular flexibility index (Phi) is 6.05. The number of benzene rings is 1. The van der Waals surface area contributed by atoms with Crippen molar-refractivity contribution in [2.24, 2.45) is 0 Å². The first kappa shape index (κ1) is 19.2. The van der Waals surface area contributed by atoms with E-state index in [0.717, 1.165) is 0 Å². The molecule has 1 aromatic carbocycles. The van der Waals surface area contributed by atoms with Crippen LogP contribution in [0, 0.1) is 0 Å². The van der Waals surface area contributed by atoms with Gasteiger partial charge < -0.3 is 14.4 Å². The minimum atomic E-state index is -3.05. The van der Waals surface area contributed by atoms with Gasteiger partial charge in [0, 0.05) is 13.1 Å². The summed E-state index contributed by atoms with van der Waals surface area (Å²) in [6.07, 6.45) is -0.312. The molecule has 1 aliphatic rings. The number of carbonyl (C=O) groups excluding carboxylic acids is 2. The predicted molar refractivity (Wildman–Crippen MR) is 92.3 cm³/mol. The molecule has 8 heteroatoms. The van der Waals surface area contributed by atoms with E-state index in [2.05, 4.69) is 0 Å². The molecule has 0 radical (unpaired) electrons. The lowest BCUT2D eigenvalue weighted by Crippen LogP contribution is -2.44. The van der Waals surface area contributed by atoms with Crippen LogP contribution in [-0.2, 0) is 19.4 Å². The maximum atomic E-state index is 12.4. The predicted octanol–water partition coefficient (Wildman–Crippen LogP) is 1.28. The van der Waals surface area contributed by atoms with Crippen LogP contribution in [0.4, 0.5) is 0 Å². The van der Waals surface area contributed by atoms with Crippen LogP contribution in [0.3, 0.4) is 0 Å². The van der Waals surface area contributed by atoms with Crippen molar-refractivity contribution in [1.82, 2.24) is 4.90 Å². The van der Waals surface area contributed by atoms with Crippen LogP contribution in [0.1, 0.15) is 30.6 Å². The van der Waals surface area contributed by atoms with Crippen LogP contribution >= 0.6 is 0 Å². The number of likely N-dealkylation sites (N-methyl/N-ethyl adjacent to an activating group) is 1. The Balaban J connectivity index is 1.95. The summed E-state index contributed by atoms with van der Waals surface area (Å²) in [6.45, 7) is 3.64. The molecule has 1 aliphatic heterocycles. The Bertz CT molecular complexity index is 728. The molecule has 1 amide bonds. The highest BCUT2D eigenvalue weighted by Crippen LogP contribution is 2.19. The first-order chi connectivity index (χ1) is 11.7. The molecule has 1 heterocycles. The highest BCUT2D eigenvalue weighted by molar-refractivity contribution is 7.91. The monoisotopic (exact) mass is 369 g/mol. The van der Waals surface area contributed by atoms with Gasteiger partial charge in [-0.1, -0.05) is 0 Å². The van der Waals surface area contributed by atoms with E-state index in [1.54, 1.807) is 45.2 Å². The Morgan fingerprint density at radius 3 is 2.44 bits per heavy atom. The van der Waals surface area contributed by atoms with Crippen molar-refractivity contribution in [1.29, 1.82) is 0 Å². The number of amides is 1. The molecule has 2 rings (SSSR count). The lowest BCUT2D eigenvalue weighted by Gasteiger charge is -2.26. The van der Waals surface area contributed by atoms with Gasteiger partial charge in [-0.05, 0) is 44.5 Å². The van der Waals surface area contributed by atoms with Crippen LogP contribution in [-0.4, -0.2) is 62.5 Å². The zero-order valence-electron chi connectivity index (χ0n) is 14.6. The molecular weight excluding hydrogens is 346 g/mol. The molecule has 25 heavy (non-hydrogen) atoms. The highest BCUT2D eigenvalue weighted by atomic mass is 32.2. The molecule has 0 unspecified atom stereocenters. The maximum absolute atomic E-state index is 12.4. The van der Waals surface area contributed by atoms with Gasteiger partial charge in [0.1, 0.15) is 5.75 Å². The number of hydrogen-bond acceptors (Lipinski definition) is 6. The molecular formula is C17H23NO6S. The summed E-state index contributed by atoms with van der Waals surface area (Å²) in [5.74, 6) is -0.144. The second kappa shape index (κ2) is 7.86. The van der Waals surface area contributed by atoms with E-state index >= 15 is 0 Å². The Hall–Kier alpha value is -2.09. The normalized spacial score (nSPS) is 19.9. The van der Waals surface area contributed by atoms with Crippen molar-refractivity contribution in [3.05, 3.63) is 29.8 Å². The Morgan fingerprint density at radius 1 is 1.28 bits per heavy atom. The minimum absolute atomic E-state index is 0.00377. The maximum Gasteiger partial charge on any atom is 0.338 e. The topological polar surface area (TPSA) is 90.0 Å². The van der Waals surface area contributed by atoms with Gasteiger partial charge in [-0.15, -0.1) is 0 Å². The average Bonchev–Trinajstić information content (AvgIpc) is 2.94. The first-order valence-electron chi connectivity index (χ1n) is 8.14. The summed E-state index contributed by atoms with van der Waals surface area (Å²) < 4.78 is 33.6. The van der Waals surface area contributed by atoms with Gasteiger partial charge in [-0.3, -0.25) is 4.79 Å². The molecule has 2 atom stereocenters. The smallest absolute Gasteiger partial charge is 0.338 e. The van der Waals surface area contributed by atoms with Crippen LogP contribution in [0.15, 0.2) is 24.3 Å². The first-order valence-corrected chi connectivity index (χ1v) is 9.96. The van der Waals surface area contributed by atoms with E-state index in [0.29, 0.717) is 24.3 Å². The lowest BCUT2D eigenvalue weighted by molar-refractivity contribution is -0.138. The minimum Gasteiger partial charge on any atom is -0.481 e. The van der Waals surface area contributed by atoms with Crippen molar-refractivity contribution in [3.63, 3.8) is 0 Å². The molecule has 0 bridgehead atoms. The average molecular weight is 369 g/mol. The quantitative estimate of drug-likeness (QED) is 0.702. The van der Waals surface area contributed by atoms with Gasteiger partial charge in [-0.2, -0.15) is 0 Å². The number of carbonyl (C=O) groups is 2. The van der Waals surface area contributed by atoms with E-state index < -0.39 is 21.9 Å². The molecule has 0 aromatic heterocycles. The number of esters is 1. The van der Waals surface area contributed by atoms with E-state index in [1.165, 1.54) is 4.90 Å². The van der Waals surface area contributed by atoms with Crippen molar-refractivity contribution < 1.29 is 27.5 Å². The summed E-state index contributed by atoms with van der Waals surface area (Å²) >= 11 is 0. The summed E-state index contributed by atoms with van der Waals surface area (Å²) in [5, 5.41) is 0. The fourth-order valence-electron chi connectivity index (χ4n) is 2.69. The molecule has 1 aromatic rings. The SMILES string of the molecule is CCOC(=O)c1ccc(O[C@H](C)C(=O)N(C)[C@@H]2CCS(=O)(=O)C2)cc1. The van der Waals surface area contributed by atoms with Crippen LogP contribution in [0.5, 0.6) is 5.75 Å². The van der Waals surface area contributed by atoms with Gasteiger partial charge in [0.2, 0.25) is 0 Å². The van der Waals surface area contributed by atoms with Gasteiger partial charge in [0.15, 0.2) is 15.9 Å². The molecule has 0 saturated carbocycles. The summed E-state index contributed by atoms with van der Waals surface area (Å²) in [6, 6.07) is 6.01. The number of nitrogens with zero attached hydrogens (tertiary/aromatic N) is 1. The van der Waals surface area contributed by atoms with Crippen LogP contribution < -0.4 is 4.74 Å². The molecule has 0 N–H and O–H groups in total. The molecule has 0 spiro atoms. The summed E-state index contributed by atoms with van der Waals surface area (Å²) in [4.78, 5) is 25.5. The Labute approximate surface area is 147 Å². The van der Waals surface area contributed by atoms with Gasteiger partial charge >= 0.3 is 5.97 Å². The van der Waals surface area contributed by atoms with E-state index in [-0.39, 0.29) is 23.5 Å². The third-order valence-corrected chi connectivity index (χ3v) is 5.88. The van der Waals surface area contributed by atoms with E-state index in [4.69, 9.17) is 9.47 Å². The van der Waals surface area contributed by atoms with Crippen molar-refractivity contribution in [3.8, 4) is 5.75 Å². The van der Waals surface area contributed by atoms with Crippen LogP contribution in [0.25, 0.3) is 0 Å². The van der Waals surface area contributed by atoms with Crippen molar-refractivity contribution in [2.75, 3.05) is 25.2 Å². The van der Waals surface area contributed by atoms with E-state index in [1.807, 2.05) is 0 Å². The van der Waals surface area contributed by atoms with Gasteiger partial charge in [0.05, 0.1) is 23.7 Å². The number of sulfone groups is 1. The summed E-state index contributed by atoms with van der Waals surface area (Å²) in [7, 11) is -1.46. The highest BCUT2D eigenvalue weighted by Gasteiger charge is 2.34. The molecule has 1 fully saturated rings. The zero-order chi connectivity index (χ0) is 18.6. The molecule has 1 saturated heterocycles. The van der Waals surface area contributed by atoms with Gasteiger partial charge in [0.25, 0.3) is 5.91 Å². The number of hydrogen-bond donors (Lipinski definition) is 0. The van der Waals surface area contributed by atoms with Crippen molar-refractivity contribution >= 4 is 21.7 Å². The number of ether oxygens (including phenoxy) is 2. The summed E-state index contributed by atoms with van der Waals surface area (Å²) in [5.41, 5.74) is 0.404. The largest absolute Gasteiger partial charge is 0.481 e. The fourth-order valence-corrected chi connectivity index (χ4v) is 4.46. The molecule has 138 valence electrons. The zero-order valence-corrected chi connectivity index (χ0v) is 15.4. The lowest BCUT2D eigenvalue weighted by atomic mass is 10.2. The second-order valence-corrected chi connectivity index (χ2v) is 8.24. The third kappa shape index (κ3) is 4.94.